The molecule has 0 saturated heterocycles. The highest BCUT2D eigenvalue weighted by atomic mass is 19.4. The Morgan fingerprint density at radius 2 is 1.68 bits per heavy atom. The molecule has 3 aromatic heterocycles. The number of halogens is 5. The van der Waals surface area contributed by atoms with Crippen molar-refractivity contribution < 1.29 is 31.5 Å². The molecule has 2 amide bonds. The molecule has 0 radical (unpaired) electrons. The Balaban J connectivity index is 0.000000347. The van der Waals surface area contributed by atoms with Gasteiger partial charge < -0.3 is 10.6 Å². The molecule has 2 fully saturated rings. The van der Waals surface area contributed by atoms with Gasteiger partial charge in [-0.15, -0.1) is 0 Å². The van der Waals surface area contributed by atoms with Gasteiger partial charge in [-0.25, -0.2) is 18.3 Å². The first kappa shape index (κ1) is 31.9. The summed E-state index contributed by atoms with van der Waals surface area (Å²) in [5, 5.41) is 9.37. The van der Waals surface area contributed by atoms with Gasteiger partial charge >= 0.3 is 6.18 Å². The fourth-order valence-electron chi connectivity index (χ4n) is 3.75. The van der Waals surface area contributed by atoms with Gasteiger partial charge in [0.1, 0.15) is 0 Å². The lowest BCUT2D eigenvalue weighted by atomic mass is 9.97. The van der Waals surface area contributed by atoms with Crippen molar-refractivity contribution in [2.24, 2.45) is 0 Å². The lowest BCUT2D eigenvalue weighted by Gasteiger charge is -2.20. The number of nitrogens with zero attached hydrogens (tertiary/aromatic N) is 4. The van der Waals surface area contributed by atoms with Gasteiger partial charge in [-0.05, 0) is 43.0 Å². The first-order valence-corrected chi connectivity index (χ1v) is 13.7. The van der Waals surface area contributed by atoms with Crippen molar-refractivity contribution in [3.63, 3.8) is 0 Å². The number of carbonyl (C=O) groups is 2. The van der Waals surface area contributed by atoms with Crippen LogP contribution in [0.4, 0.5) is 22.0 Å². The maximum Gasteiger partial charge on any atom is 0.389 e. The van der Waals surface area contributed by atoms with Crippen molar-refractivity contribution in [2.75, 3.05) is 0 Å². The van der Waals surface area contributed by atoms with Gasteiger partial charge in [-0.3, -0.25) is 14.6 Å². The average Bonchev–Trinajstić information content (AvgIpc) is 3.75. The van der Waals surface area contributed by atoms with E-state index in [0.29, 0.717) is 35.3 Å². The van der Waals surface area contributed by atoms with Crippen LogP contribution in [0, 0.1) is 6.92 Å². The highest BCUT2D eigenvalue weighted by molar-refractivity contribution is 5.95. The van der Waals surface area contributed by atoms with E-state index in [2.05, 4.69) is 25.7 Å². The van der Waals surface area contributed by atoms with Gasteiger partial charge in [0, 0.05) is 43.8 Å². The topological polar surface area (TPSA) is 101 Å². The van der Waals surface area contributed by atoms with Gasteiger partial charge in [0.25, 0.3) is 5.91 Å². The Labute approximate surface area is 235 Å². The fraction of sp³-hybridized carbons (Fsp3) is 0.536. The van der Waals surface area contributed by atoms with Gasteiger partial charge in [-0.2, -0.15) is 18.3 Å². The second-order valence-corrected chi connectivity index (χ2v) is 10.1. The standard InChI is InChI=1S/C19H19F3N6O2.C6H10F2.C3H6/c1-12-7-23-5-3-15(12)18(30)25-10-14-11-28-16(27-14)6-13(9-26-28)8-24-17(29)2-4-19(20,21)22;7-6(8)4-2-1-3-5-6;1-2-3-1/h3,5-7,9,11H,2,4,8,10H2,1H3,(H,24,29)(H,25,30);1-5H2;1-3H2. The first-order chi connectivity index (χ1) is 19.4. The quantitative estimate of drug-likeness (QED) is 0.329. The lowest BCUT2D eigenvalue weighted by molar-refractivity contribution is -0.144. The van der Waals surface area contributed by atoms with Crippen LogP contribution in [0.15, 0.2) is 36.9 Å². The number of nitrogens with one attached hydrogen (secondary N) is 2. The zero-order chi connectivity index (χ0) is 29.9. The summed E-state index contributed by atoms with van der Waals surface area (Å²) >= 11 is 0. The second kappa shape index (κ2) is 14.8. The minimum Gasteiger partial charge on any atom is -0.352 e. The summed E-state index contributed by atoms with van der Waals surface area (Å²) in [6, 6.07) is 3.29. The maximum absolute atomic E-state index is 12.3. The molecule has 0 spiro atoms. The molecule has 0 bridgehead atoms. The van der Waals surface area contributed by atoms with Crippen LogP contribution < -0.4 is 10.6 Å². The van der Waals surface area contributed by atoms with E-state index in [1.54, 1.807) is 37.6 Å². The molecule has 2 N–H and O–H groups in total. The molecule has 2 aliphatic rings. The lowest BCUT2D eigenvalue weighted by Crippen LogP contribution is -2.24. The first-order valence-electron chi connectivity index (χ1n) is 13.7. The monoisotopic (exact) mass is 582 g/mol. The number of pyridine rings is 1. The van der Waals surface area contributed by atoms with Crippen LogP contribution in [0.5, 0.6) is 0 Å². The Bertz CT molecular complexity index is 1280. The summed E-state index contributed by atoms with van der Waals surface area (Å²) < 4.78 is 62.4. The summed E-state index contributed by atoms with van der Waals surface area (Å²) in [6.07, 6.45) is 7.30. The van der Waals surface area contributed by atoms with Crippen molar-refractivity contribution in [3.05, 3.63) is 59.3 Å². The van der Waals surface area contributed by atoms with Crippen molar-refractivity contribution in [2.45, 2.75) is 96.3 Å². The van der Waals surface area contributed by atoms with Crippen molar-refractivity contribution in [1.29, 1.82) is 0 Å². The van der Waals surface area contributed by atoms with E-state index in [9.17, 15) is 31.5 Å². The number of alkyl halides is 5. The Kier molecular flexibility index (Phi) is 11.5. The molecule has 0 atom stereocenters. The van der Waals surface area contributed by atoms with E-state index in [4.69, 9.17) is 0 Å². The summed E-state index contributed by atoms with van der Waals surface area (Å²) in [5.74, 6) is -3.26. The Hall–Kier alpha value is -3.64. The van der Waals surface area contributed by atoms with Crippen LogP contribution in [0.2, 0.25) is 0 Å². The van der Waals surface area contributed by atoms with Crippen molar-refractivity contribution in [1.82, 2.24) is 30.2 Å². The third-order valence-corrected chi connectivity index (χ3v) is 6.19. The molecule has 41 heavy (non-hydrogen) atoms. The van der Waals surface area contributed by atoms with E-state index in [0.717, 1.165) is 12.0 Å². The molecule has 13 heteroatoms. The molecule has 3 aromatic rings. The number of aromatic nitrogens is 4. The summed E-state index contributed by atoms with van der Waals surface area (Å²) in [4.78, 5) is 32.1. The van der Waals surface area contributed by atoms with Crippen LogP contribution in [0.3, 0.4) is 0 Å². The molecule has 0 unspecified atom stereocenters. The third kappa shape index (κ3) is 12.2. The minimum atomic E-state index is -4.37. The van der Waals surface area contributed by atoms with Gasteiger partial charge in [0.2, 0.25) is 11.8 Å². The third-order valence-electron chi connectivity index (χ3n) is 6.19. The number of fused-ring (bicyclic) bond motifs is 1. The van der Waals surface area contributed by atoms with Gasteiger partial charge in [0.05, 0.1) is 31.1 Å². The largest absolute Gasteiger partial charge is 0.389 e. The number of imidazole rings is 1. The van der Waals surface area contributed by atoms with E-state index >= 15 is 0 Å². The summed E-state index contributed by atoms with van der Waals surface area (Å²) in [5.41, 5.74) is 2.94. The molecular formula is C28H35F5N6O2. The SMILES string of the molecule is C1CC1.Cc1cnccc1C(=O)NCc1cn2ncc(CNC(=O)CCC(F)(F)F)cc2n1.FC1(F)CCCCC1. The molecule has 0 aromatic carbocycles. The normalized spacial score (nSPS) is 15.6. The van der Waals surface area contributed by atoms with Gasteiger partial charge in [-0.1, -0.05) is 25.7 Å². The highest BCUT2D eigenvalue weighted by Crippen LogP contribution is 2.32. The van der Waals surface area contributed by atoms with Gasteiger partial charge in [0.15, 0.2) is 5.65 Å². The van der Waals surface area contributed by atoms with Crippen LogP contribution in [0.1, 0.15) is 91.4 Å². The predicted octanol–water partition coefficient (Wildman–Crippen LogP) is 6.08. The fourth-order valence-corrected chi connectivity index (χ4v) is 3.75. The zero-order valence-electron chi connectivity index (χ0n) is 22.9. The number of hydrogen-bond donors (Lipinski definition) is 2. The van der Waals surface area contributed by atoms with Crippen LogP contribution >= 0.6 is 0 Å². The molecule has 2 aliphatic carbocycles. The zero-order valence-corrected chi connectivity index (χ0v) is 22.9. The summed E-state index contributed by atoms with van der Waals surface area (Å²) in [6.45, 7) is 2.02. The van der Waals surface area contributed by atoms with Crippen LogP contribution in [0.25, 0.3) is 5.65 Å². The minimum absolute atomic E-state index is 0.0421. The predicted molar refractivity (Wildman–Crippen MR) is 142 cm³/mol. The van der Waals surface area contributed by atoms with Crippen molar-refractivity contribution in [3.8, 4) is 0 Å². The Morgan fingerprint density at radius 3 is 2.27 bits per heavy atom. The number of amides is 2. The molecular weight excluding hydrogens is 547 g/mol. The summed E-state index contributed by atoms with van der Waals surface area (Å²) in [7, 11) is 0. The molecule has 224 valence electrons. The number of carbonyl (C=O) groups excluding carboxylic acids is 2. The molecule has 3 heterocycles. The second-order valence-electron chi connectivity index (χ2n) is 10.1. The average molecular weight is 583 g/mol. The van der Waals surface area contributed by atoms with E-state index < -0.39 is 30.8 Å². The van der Waals surface area contributed by atoms with E-state index in [1.165, 1.54) is 30.0 Å². The smallest absolute Gasteiger partial charge is 0.352 e. The number of aryl methyl sites for hydroxylation is 1. The van der Waals surface area contributed by atoms with E-state index in [1.807, 2.05) is 0 Å². The number of hydrogen-bond acceptors (Lipinski definition) is 5. The Morgan fingerprint density at radius 1 is 1.00 bits per heavy atom. The molecule has 8 nitrogen and oxygen atoms in total. The maximum atomic E-state index is 12.3. The molecule has 2 saturated carbocycles. The van der Waals surface area contributed by atoms with Crippen LogP contribution in [-0.4, -0.2) is 43.5 Å². The highest BCUT2D eigenvalue weighted by Gasteiger charge is 2.30. The van der Waals surface area contributed by atoms with Crippen LogP contribution in [-0.2, 0) is 17.9 Å². The molecule has 5 rings (SSSR count). The molecule has 0 aliphatic heterocycles. The van der Waals surface area contributed by atoms with E-state index in [-0.39, 0.29) is 31.8 Å². The van der Waals surface area contributed by atoms with Crippen molar-refractivity contribution >= 4 is 17.5 Å². The number of rotatable bonds is 7.